The second-order valence-electron chi connectivity index (χ2n) is 7.77. The average Bonchev–Trinajstić information content (AvgIpc) is 3.00. The number of para-hydroxylation sites is 1. The van der Waals surface area contributed by atoms with Gasteiger partial charge < -0.3 is 24.4 Å². The standard InChI is InChI=1S/C26H25FN2O5S/c1-32-20-12-16(13-21(33-2)26(20)34-3)23-14-25(31)29(19-6-4-5-7-22(19)35-23)15-24(30)28-18-10-8-17(27)9-11-18/h4-13,23H,14-15H2,1-3H3,(H,28,30). The molecule has 0 aliphatic carbocycles. The fourth-order valence-corrected chi connectivity index (χ4v) is 5.16. The molecule has 2 amide bonds. The number of fused-ring (bicyclic) bond motifs is 1. The fourth-order valence-electron chi connectivity index (χ4n) is 3.90. The van der Waals surface area contributed by atoms with Crippen molar-refractivity contribution in [2.24, 2.45) is 0 Å². The number of hydrogen-bond acceptors (Lipinski definition) is 6. The van der Waals surface area contributed by atoms with Gasteiger partial charge in [-0.1, -0.05) is 12.1 Å². The van der Waals surface area contributed by atoms with E-state index in [-0.39, 0.29) is 30.0 Å². The third kappa shape index (κ3) is 5.35. The van der Waals surface area contributed by atoms with Gasteiger partial charge in [0.2, 0.25) is 17.6 Å². The molecule has 1 heterocycles. The van der Waals surface area contributed by atoms with E-state index in [9.17, 15) is 14.0 Å². The lowest BCUT2D eigenvalue weighted by atomic mass is 10.1. The van der Waals surface area contributed by atoms with Crippen LogP contribution in [0.3, 0.4) is 0 Å². The number of rotatable bonds is 7. The first kappa shape index (κ1) is 24.4. The Kier molecular flexibility index (Phi) is 7.45. The summed E-state index contributed by atoms with van der Waals surface area (Å²) in [5, 5.41) is 2.47. The summed E-state index contributed by atoms with van der Waals surface area (Å²) < 4.78 is 29.6. The number of hydrogen-bond donors (Lipinski definition) is 1. The smallest absolute Gasteiger partial charge is 0.244 e. The molecule has 7 nitrogen and oxygen atoms in total. The number of methoxy groups -OCH3 is 3. The van der Waals surface area contributed by atoms with E-state index < -0.39 is 5.82 Å². The summed E-state index contributed by atoms with van der Waals surface area (Å²) in [5.41, 5.74) is 1.95. The minimum Gasteiger partial charge on any atom is -0.493 e. The van der Waals surface area contributed by atoms with E-state index in [2.05, 4.69) is 5.32 Å². The van der Waals surface area contributed by atoms with Crippen LogP contribution in [0.15, 0.2) is 65.6 Å². The SMILES string of the molecule is COc1cc(C2CC(=O)N(CC(=O)Nc3ccc(F)cc3)c3ccccc3S2)cc(OC)c1OC. The molecule has 9 heteroatoms. The Morgan fingerprint density at radius 3 is 2.31 bits per heavy atom. The number of anilines is 2. The maximum absolute atomic E-state index is 13.4. The summed E-state index contributed by atoms with van der Waals surface area (Å²) in [4.78, 5) is 28.5. The zero-order valence-corrected chi connectivity index (χ0v) is 20.4. The van der Waals surface area contributed by atoms with Gasteiger partial charge in [0, 0.05) is 22.3 Å². The van der Waals surface area contributed by atoms with Gasteiger partial charge in [-0.2, -0.15) is 0 Å². The third-order valence-corrected chi connectivity index (χ3v) is 6.90. The van der Waals surface area contributed by atoms with E-state index in [1.807, 2.05) is 36.4 Å². The Bertz CT molecular complexity index is 1210. The van der Waals surface area contributed by atoms with Gasteiger partial charge in [-0.05, 0) is 54.1 Å². The highest BCUT2D eigenvalue weighted by Gasteiger charge is 2.31. The molecular formula is C26H25FN2O5S. The molecule has 1 N–H and O–H groups in total. The minimum atomic E-state index is -0.394. The molecule has 0 fully saturated rings. The van der Waals surface area contributed by atoms with Crippen LogP contribution in [0.4, 0.5) is 15.8 Å². The quantitative estimate of drug-likeness (QED) is 0.493. The van der Waals surface area contributed by atoms with E-state index in [1.165, 1.54) is 48.0 Å². The molecule has 0 saturated heterocycles. The Hall–Kier alpha value is -3.72. The number of thioether (sulfide) groups is 1. The van der Waals surface area contributed by atoms with Crippen LogP contribution in [-0.4, -0.2) is 39.7 Å². The van der Waals surface area contributed by atoms with Gasteiger partial charge in [0.15, 0.2) is 11.5 Å². The van der Waals surface area contributed by atoms with E-state index in [0.717, 1.165) is 10.5 Å². The molecule has 1 aliphatic heterocycles. The van der Waals surface area contributed by atoms with Crippen molar-refractivity contribution in [1.82, 2.24) is 0 Å². The van der Waals surface area contributed by atoms with Crippen LogP contribution in [0.25, 0.3) is 0 Å². The number of benzene rings is 3. The summed E-state index contributed by atoms with van der Waals surface area (Å²) >= 11 is 1.54. The second-order valence-corrected chi connectivity index (χ2v) is 9.02. The van der Waals surface area contributed by atoms with E-state index in [1.54, 1.807) is 14.2 Å². The molecule has 1 atom stereocenters. The lowest BCUT2D eigenvalue weighted by molar-refractivity contribution is -0.121. The molecule has 3 aromatic rings. The molecule has 1 aliphatic rings. The fraction of sp³-hybridized carbons (Fsp3) is 0.231. The normalized spacial score (nSPS) is 15.1. The van der Waals surface area contributed by atoms with Crippen LogP contribution in [-0.2, 0) is 9.59 Å². The monoisotopic (exact) mass is 496 g/mol. The first-order valence-electron chi connectivity index (χ1n) is 10.8. The highest BCUT2D eigenvalue weighted by molar-refractivity contribution is 7.99. The van der Waals surface area contributed by atoms with Gasteiger partial charge >= 0.3 is 0 Å². The van der Waals surface area contributed by atoms with Gasteiger partial charge in [-0.3, -0.25) is 9.59 Å². The van der Waals surface area contributed by atoms with Crippen LogP contribution in [0.1, 0.15) is 17.2 Å². The van der Waals surface area contributed by atoms with Crippen LogP contribution in [0, 0.1) is 5.82 Å². The summed E-state index contributed by atoms with van der Waals surface area (Å²) in [7, 11) is 4.63. The van der Waals surface area contributed by atoms with Crippen LogP contribution in [0.5, 0.6) is 17.2 Å². The number of carbonyl (C=O) groups is 2. The predicted octanol–water partition coefficient (Wildman–Crippen LogP) is 5.06. The Morgan fingerprint density at radius 1 is 1.03 bits per heavy atom. The Labute approximate surface area is 207 Å². The highest BCUT2D eigenvalue weighted by Crippen LogP contribution is 2.49. The number of amides is 2. The van der Waals surface area contributed by atoms with Gasteiger partial charge in [0.05, 0.1) is 27.0 Å². The van der Waals surface area contributed by atoms with Crippen LogP contribution in [0.2, 0.25) is 0 Å². The first-order valence-corrected chi connectivity index (χ1v) is 11.7. The molecule has 0 aromatic heterocycles. The lowest BCUT2D eigenvalue weighted by Gasteiger charge is -2.22. The first-order chi connectivity index (χ1) is 16.9. The van der Waals surface area contributed by atoms with Gasteiger partial charge in [0.25, 0.3) is 0 Å². The third-order valence-electron chi connectivity index (χ3n) is 5.57. The number of nitrogens with one attached hydrogen (secondary N) is 1. The van der Waals surface area contributed by atoms with Gasteiger partial charge in [-0.15, -0.1) is 11.8 Å². The molecular weight excluding hydrogens is 471 g/mol. The Morgan fingerprint density at radius 2 is 1.69 bits per heavy atom. The van der Waals surface area contributed by atoms with Crippen molar-refractivity contribution >= 4 is 35.0 Å². The topological polar surface area (TPSA) is 77.1 Å². The minimum absolute atomic E-state index is 0.155. The molecule has 0 saturated carbocycles. The molecule has 3 aromatic carbocycles. The Balaban J connectivity index is 1.63. The predicted molar refractivity (Wildman–Crippen MR) is 133 cm³/mol. The molecule has 0 radical (unpaired) electrons. The zero-order chi connectivity index (χ0) is 24.9. The molecule has 35 heavy (non-hydrogen) atoms. The largest absolute Gasteiger partial charge is 0.493 e. The van der Waals surface area contributed by atoms with Crippen molar-refractivity contribution in [3.8, 4) is 17.2 Å². The maximum Gasteiger partial charge on any atom is 0.244 e. The van der Waals surface area contributed by atoms with Crippen molar-refractivity contribution < 1.29 is 28.2 Å². The second kappa shape index (κ2) is 10.7. The lowest BCUT2D eigenvalue weighted by Crippen LogP contribution is -2.38. The van der Waals surface area contributed by atoms with Crippen molar-refractivity contribution in [3.63, 3.8) is 0 Å². The molecule has 182 valence electrons. The number of halogens is 1. The number of ether oxygens (including phenoxy) is 3. The zero-order valence-electron chi connectivity index (χ0n) is 19.5. The maximum atomic E-state index is 13.4. The van der Waals surface area contributed by atoms with E-state index in [4.69, 9.17) is 14.2 Å². The highest BCUT2D eigenvalue weighted by atomic mass is 32.2. The van der Waals surface area contributed by atoms with Crippen molar-refractivity contribution in [1.29, 1.82) is 0 Å². The van der Waals surface area contributed by atoms with Gasteiger partial charge in [-0.25, -0.2) is 4.39 Å². The molecule has 0 spiro atoms. The van der Waals surface area contributed by atoms with Gasteiger partial charge in [0.1, 0.15) is 12.4 Å². The summed E-state index contributed by atoms with van der Waals surface area (Å²) in [6, 6.07) is 16.6. The summed E-state index contributed by atoms with van der Waals surface area (Å²) in [6.07, 6.45) is 0.155. The molecule has 4 rings (SSSR count). The molecule has 0 bridgehead atoms. The van der Waals surface area contributed by atoms with Crippen LogP contribution < -0.4 is 24.4 Å². The number of carbonyl (C=O) groups excluding carboxylic acids is 2. The van der Waals surface area contributed by atoms with Crippen LogP contribution >= 0.6 is 11.8 Å². The van der Waals surface area contributed by atoms with Crippen molar-refractivity contribution in [3.05, 3.63) is 72.0 Å². The summed E-state index contributed by atoms with van der Waals surface area (Å²) in [6.45, 7) is -0.171. The number of nitrogens with zero attached hydrogens (tertiary/aromatic N) is 1. The van der Waals surface area contributed by atoms with E-state index in [0.29, 0.717) is 28.6 Å². The van der Waals surface area contributed by atoms with Crippen molar-refractivity contribution in [2.45, 2.75) is 16.6 Å². The van der Waals surface area contributed by atoms with E-state index >= 15 is 0 Å². The molecule has 1 unspecified atom stereocenters. The van der Waals surface area contributed by atoms with Crippen molar-refractivity contribution in [2.75, 3.05) is 38.1 Å². The average molecular weight is 497 g/mol. The summed E-state index contributed by atoms with van der Waals surface area (Å²) in [5.74, 6) is 0.509.